The molecule has 1 N–H and O–H groups in total. The second-order valence-corrected chi connectivity index (χ2v) is 8.25. The van der Waals surface area contributed by atoms with Gasteiger partial charge in [-0.2, -0.15) is 13.2 Å². The van der Waals surface area contributed by atoms with Crippen molar-refractivity contribution in [2.75, 3.05) is 17.7 Å². The van der Waals surface area contributed by atoms with Gasteiger partial charge in [0.05, 0.1) is 11.4 Å². The number of nitrogens with zero attached hydrogens (tertiary/aromatic N) is 2. The molecule has 11 heteroatoms. The van der Waals surface area contributed by atoms with Crippen LogP contribution >= 0.6 is 0 Å². The molecule has 0 aliphatic carbocycles. The molecule has 2 aromatic rings. The third-order valence-corrected chi connectivity index (χ3v) is 5.26. The molecule has 2 aromatic carbocycles. The lowest BCUT2D eigenvalue weighted by atomic mass is 10.1. The predicted molar refractivity (Wildman–Crippen MR) is 90.8 cm³/mol. The Kier molecular flexibility index (Phi) is 4.71. The molecule has 0 spiro atoms. The minimum atomic E-state index is -5.13. The van der Waals surface area contributed by atoms with Gasteiger partial charge in [-0.25, -0.2) is 22.2 Å². The Morgan fingerprint density at radius 2 is 1.68 bits per heavy atom. The smallest absolute Gasteiger partial charge is 0.361 e. The van der Waals surface area contributed by atoms with E-state index in [1.807, 2.05) is 0 Å². The number of hydrogen-bond donors (Lipinski definition) is 1. The van der Waals surface area contributed by atoms with Gasteiger partial charge in [0.2, 0.25) is 0 Å². The number of sulfone groups is 1. The fourth-order valence-corrected chi connectivity index (χ4v) is 3.29. The number of aliphatic imine (C=N–C) groups is 1. The summed E-state index contributed by atoms with van der Waals surface area (Å²) in [6.07, 6.45) is -4.16. The molecule has 0 saturated carbocycles. The van der Waals surface area contributed by atoms with Crippen LogP contribution in [0.3, 0.4) is 0 Å². The fourth-order valence-electron chi connectivity index (χ4n) is 2.66. The van der Waals surface area contributed by atoms with E-state index in [-0.39, 0.29) is 16.1 Å². The predicted octanol–water partition coefficient (Wildman–Crippen LogP) is 2.89. The van der Waals surface area contributed by atoms with Gasteiger partial charge in [-0.15, -0.1) is 0 Å². The van der Waals surface area contributed by atoms with Gasteiger partial charge in [0.15, 0.2) is 21.5 Å². The minimum Gasteiger partial charge on any atom is -0.361 e. The first-order valence-electron chi connectivity index (χ1n) is 7.74. The van der Waals surface area contributed by atoms with Crippen LogP contribution in [0.4, 0.5) is 27.6 Å². The van der Waals surface area contributed by atoms with E-state index in [0.29, 0.717) is 6.07 Å². The van der Waals surface area contributed by atoms with Crippen molar-refractivity contribution in [3.63, 3.8) is 0 Å². The van der Waals surface area contributed by atoms with Crippen LogP contribution in [-0.4, -0.2) is 44.1 Å². The molecular weight excluding hydrogens is 407 g/mol. The highest BCUT2D eigenvalue weighted by Gasteiger charge is 2.59. The van der Waals surface area contributed by atoms with Crippen LogP contribution in [0.15, 0.2) is 52.4 Å². The second kappa shape index (κ2) is 6.52. The van der Waals surface area contributed by atoms with E-state index < -0.39 is 45.8 Å². The van der Waals surface area contributed by atoms with Crippen molar-refractivity contribution in [3.05, 3.63) is 59.7 Å². The molecule has 1 atom stereocenters. The molecule has 1 aliphatic rings. The summed E-state index contributed by atoms with van der Waals surface area (Å²) in [7, 11) is -3.53. The van der Waals surface area contributed by atoms with Crippen LogP contribution in [0.5, 0.6) is 0 Å². The van der Waals surface area contributed by atoms with Gasteiger partial charge >= 0.3 is 6.18 Å². The minimum absolute atomic E-state index is 0.0622. The summed E-state index contributed by atoms with van der Waals surface area (Å²) in [5, 5.41) is 9.98. The molecule has 0 saturated heterocycles. The summed E-state index contributed by atoms with van der Waals surface area (Å²) in [6, 6.07) is 7.23. The average molecular weight is 420 g/mol. The molecule has 0 bridgehead atoms. The Labute approximate surface area is 156 Å². The number of anilines is 1. The van der Waals surface area contributed by atoms with Crippen molar-refractivity contribution in [3.8, 4) is 0 Å². The third-order valence-electron chi connectivity index (χ3n) is 4.13. The van der Waals surface area contributed by atoms with Crippen LogP contribution in [0.1, 0.15) is 5.56 Å². The van der Waals surface area contributed by atoms with E-state index >= 15 is 0 Å². The van der Waals surface area contributed by atoms with E-state index in [2.05, 4.69) is 4.99 Å². The average Bonchev–Trinajstić information content (AvgIpc) is 2.96. The highest BCUT2D eigenvalue weighted by molar-refractivity contribution is 7.90. The first-order valence-corrected chi connectivity index (χ1v) is 9.63. The fraction of sp³-hybridized carbons (Fsp3) is 0.235. The van der Waals surface area contributed by atoms with E-state index in [1.54, 1.807) is 0 Å². The van der Waals surface area contributed by atoms with Gasteiger partial charge in [-0.05, 0) is 42.5 Å². The molecule has 3 rings (SSSR count). The number of alkyl halides is 3. The lowest BCUT2D eigenvalue weighted by Crippen LogP contribution is -2.47. The maximum absolute atomic E-state index is 13.6. The largest absolute Gasteiger partial charge is 0.440 e. The van der Waals surface area contributed by atoms with Gasteiger partial charge in [-0.1, -0.05) is 0 Å². The molecule has 1 aliphatic heterocycles. The topological polar surface area (TPSA) is 70.0 Å². The zero-order valence-electron chi connectivity index (χ0n) is 14.2. The van der Waals surface area contributed by atoms with Crippen molar-refractivity contribution in [2.45, 2.75) is 16.8 Å². The van der Waals surface area contributed by atoms with Crippen molar-refractivity contribution >= 4 is 21.4 Å². The molecule has 0 aromatic heterocycles. The quantitative estimate of drug-likeness (QED) is 0.776. The number of rotatable bonds is 3. The summed E-state index contributed by atoms with van der Waals surface area (Å²) >= 11 is 0. The van der Waals surface area contributed by atoms with E-state index in [9.17, 15) is 35.5 Å². The number of halogens is 5. The van der Waals surface area contributed by atoms with Crippen LogP contribution in [0.25, 0.3) is 0 Å². The number of aliphatic hydroxyl groups is 1. The van der Waals surface area contributed by atoms with Crippen molar-refractivity contribution < 1.29 is 35.5 Å². The SMILES string of the molecule is CS(=O)(=O)c1ccc(N2CC(O)(C(F)(F)F)N=C2c2ccc(F)c(F)c2)cc1. The van der Waals surface area contributed by atoms with Gasteiger partial charge in [0, 0.05) is 17.5 Å². The van der Waals surface area contributed by atoms with Gasteiger partial charge in [0.1, 0.15) is 5.84 Å². The summed E-state index contributed by atoms with van der Waals surface area (Å²) < 4.78 is 89.7. The molecule has 150 valence electrons. The Morgan fingerprint density at radius 3 is 2.18 bits per heavy atom. The summed E-state index contributed by atoms with van der Waals surface area (Å²) in [5.74, 6) is -2.93. The van der Waals surface area contributed by atoms with Gasteiger partial charge < -0.3 is 10.0 Å². The molecule has 1 heterocycles. The molecule has 1 unspecified atom stereocenters. The van der Waals surface area contributed by atoms with Crippen LogP contribution in [0, 0.1) is 11.6 Å². The first kappa shape index (κ1) is 20.2. The van der Waals surface area contributed by atoms with Gasteiger partial charge in [-0.3, -0.25) is 0 Å². The maximum atomic E-state index is 13.6. The van der Waals surface area contributed by atoms with Crippen LogP contribution in [-0.2, 0) is 9.84 Å². The zero-order chi connectivity index (χ0) is 20.9. The Balaban J connectivity index is 2.10. The number of amidine groups is 1. The monoisotopic (exact) mass is 420 g/mol. The Hall–Kier alpha value is -2.53. The Morgan fingerprint density at radius 1 is 1.07 bits per heavy atom. The molecular formula is C17H13F5N2O3S. The molecule has 0 radical (unpaired) electrons. The first-order chi connectivity index (χ1) is 12.8. The summed E-state index contributed by atoms with van der Waals surface area (Å²) in [6.45, 7) is -1.04. The van der Waals surface area contributed by atoms with E-state index in [0.717, 1.165) is 23.3 Å². The van der Waals surface area contributed by atoms with E-state index in [4.69, 9.17) is 0 Å². The molecule has 0 fully saturated rings. The second-order valence-electron chi connectivity index (χ2n) is 6.23. The van der Waals surface area contributed by atoms with Crippen molar-refractivity contribution in [2.24, 2.45) is 4.99 Å². The van der Waals surface area contributed by atoms with Gasteiger partial charge in [0.25, 0.3) is 5.72 Å². The van der Waals surface area contributed by atoms with Crippen LogP contribution in [0.2, 0.25) is 0 Å². The number of benzene rings is 2. The number of β-amino-alcohol motifs (C(OH)–C–C–N with tert-alkyl or cyclic N) is 1. The number of hydrogen-bond acceptors (Lipinski definition) is 5. The zero-order valence-corrected chi connectivity index (χ0v) is 15.0. The third kappa shape index (κ3) is 3.59. The highest BCUT2D eigenvalue weighted by atomic mass is 32.2. The van der Waals surface area contributed by atoms with Crippen LogP contribution < -0.4 is 4.90 Å². The normalized spacial score (nSPS) is 20.4. The lowest BCUT2D eigenvalue weighted by Gasteiger charge is -2.25. The summed E-state index contributed by atoms with van der Waals surface area (Å²) in [4.78, 5) is 4.22. The molecule has 5 nitrogen and oxygen atoms in total. The molecule has 0 amide bonds. The van der Waals surface area contributed by atoms with Crippen molar-refractivity contribution in [1.29, 1.82) is 0 Å². The maximum Gasteiger partial charge on any atom is 0.440 e. The van der Waals surface area contributed by atoms with Crippen molar-refractivity contribution in [1.82, 2.24) is 0 Å². The molecule has 28 heavy (non-hydrogen) atoms. The lowest BCUT2D eigenvalue weighted by molar-refractivity contribution is -0.249. The van der Waals surface area contributed by atoms with E-state index in [1.165, 1.54) is 24.3 Å². The Bertz CT molecular complexity index is 1050. The highest BCUT2D eigenvalue weighted by Crippen LogP contribution is 2.39. The summed E-state index contributed by atoms with van der Waals surface area (Å²) in [5.41, 5.74) is -3.58. The standard InChI is InChI=1S/C17H13F5N2O3S/c1-28(26,27)12-5-3-11(4-6-12)24-9-16(25,17(20,21)22)23-15(24)10-2-7-13(18)14(19)8-10/h2-8,25H,9H2,1H3.